The number of sulfonamides is 1. The van der Waals surface area contributed by atoms with E-state index in [-0.39, 0.29) is 24.3 Å². The zero-order valence-corrected chi connectivity index (χ0v) is 19.2. The molecule has 0 atom stereocenters. The minimum Gasteiger partial charge on any atom is -0.483 e. The number of likely N-dealkylation sites (tertiary alicyclic amines) is 1. The molecule has 1 fully saturated rings. The number of hydrogen-bond donors (Lipinski definition) is 3. The van der Waals surface area contributed by atoms with Crippen molar-refractivity contribution in [3.8, 4) is 0 Å². The number of anilines is 1. The van der Waals surface area contributed by atoms with Gasteiger partial charge in [-0.2, -0.15) is 0 Å². The highest BCUT2D eigenvalue weighted by Gasteiger charge is 2.40. The Kier molecular flexibility index (Phi) is 8.96. The number of aromatic nitrogens is 1. The molecule has 2 aromatic rings. The number of carbonyl (C=O) groups excluding carboxylic acids is 1. The molecular weight excluding hydrogens is 440 g/mol. The van der Waals surface area contributed by atoms with Crippen molar-refractivity contribution < 1.29 is 23.1 Å². The van der Waals surface area contributed by atoms with E-state index >= 15 is 0 Å². The Hall–Kier alpha value is -2.50. The number of amides is 1. The molecule has 2 heterocycles. The lowest BCUT2D eigenvalue weighted by molar-refractivity contribution is -0.131. The predicted molar refractivity (Wildman–Crippen MR) is 121 cm³/mol. The maximum absolute atomic E-state index is 12.4. The molecule has 0 radical (unpaired) electrons. The summed E-state index contributed by atoms with van der Waals surface area (Å²) in [5, 5.41) is 13.2. The van der Waals surface area contributed by atoms with Gasteiger partial charge < -0.3 is 15.3 Å². The second kappa shape index (κ2) is 11.2. The molecule has 0 aliphatic carbocycles. The number of thiazole rings is 1. The van der Waals surface area contributed by atoms with Crippen molar-refractivity contribution in [1.82, 2.24) is 14.6 Å². The zero-order chi connectivity index (χ0) is 22.9. The molecule has 0 saturated carbocycles. The van der Waals surface area contributed by atoms with Gasteiger partial charge in [0, 0.05) is 30.4 Å². The van der Waals surface area contributed by atoms with Crippen LogP contribution in [0.5, 0.6) is 0 Å². The van der Waals surface area contributed by atoms with Crippen LogP contribution in [0.1, 0.15) is 31.0 Å². The van der Waals surface area contributed by atoms with Gasteiger partial charge in [0.1, 0.15) is 0 Å². The van der Waals surface area contributed by atoms with Gasteiger partial charge in [-0.1, -0.05) is 30.3 Å². The number of nitrogens with zero attached hydrogens (tertiary/aromatic N) is 2. The number of carboxylic acid groups (broad SMARTS) is 1. The first-order valence-corrected chi connectivity index (χ1v) is 12.6. The quantitative estimate of drug-likeness (QED) is 0.528. The van der Waals surface area contributed by atoms with Crippen LogP contribution in [0, 0.1) is 0 Å². The number of rotatable bonds is 7. The van der Waals surface area contributed by atoms with Gasteiger partial charge >= 0.3 is 0 Å². The van der Waals surface area contributed by atoms with Crippen molar-refractivity contribution in [3.63, 3.8) is 0 Å². The first-order chi connectivity index (χ1) is 14.8. The summed E-state index contributed by atoms with van der Waals surface area (Å²) in [7, 11) is -3.38. The maximum atomic E-state index is 12.4. The van der Waals surface area contributed by atoms with E-state index < -0.39 is 10.0 Å². The van der Waals surface area contributed by atoms with Gasteiger partial charge in [-0.3, -0.25) is 9.59 Å². The van der Waals surface area contributed by atoms with Gasteiger partial charge in [-0.15, -0.1) is 11.3 Å². The fraction of sp³-hybridized carbons (Fsp3) is 0.450. The molecule has 1 aliphatic heterocycles. The largest absolute Gasteiger partial charge is 0.483 e. The highest BCUT2D eigenvalue weighted by molar-refractivity contribution is 7.88. The van der Waals surface area contributed by atoms with E-state index in [1.807, 2.05) is 25.1 Å². The van der Waals surface area contributed by atoms with Crippen LogP contribution in [0.3, 0.4) is 0 Å². The Balaban J connectivity index is 0.00000107. The maximum Gasteiger partial charge on any atom is 0.290 e. The lowest BCUT2D eigenvalue weighted by atomic mass is 9.70. The lowest BCUT2D eigenvalue weighted by Gasteiger charge is -2.41. The van der Waals surface area contributed by atoms with E-state index in [2.05, 4.69) is 27.6 Å². The zero-order valence-electron chi connectivity index (χ0n) is 17.6. The average molecular weight is 469 g/mol. The molecule has 0 bridgehead atoms. The summed E-state index contributed by atoms with van der Waals surface area (Å²) in [5.41, 5.74) is 1.98. The Morgan fingerprint density at radius 3 is 2.45 bits per heavy atom. The van der Waals surface area contributed by atoms with Gasteiger partial charge in [0.15, 0.2) is 5.13 Å². The minimum atomic E-state index is -3.38. The summed E-state index contributed by atoms with van der Waals surface area (Å²) in [6.07, 6.45) is 2.55. The standard InChI is InChI=1S/C19H26N4O3S2.CH2O2/c1-3-20-18-22-16(14-27-18)19(15-7-5-4-6-8-15)9-11-23(12-10-19)17(24)13-21-28(2,25)26;2-1-3/h4-8,14,21H,3,9-13H2,1-2H3,(H,20,22);1H,(H,2,3). The minimum absolute atomic E-state index is 0.196. The Labute approximate surface area is 186 Å². The van der Waals surface area contributed by atoms with Crippen LogP contribution in [0.25, 0.3) is 0 Å². The Morgan fingerprint density at radius 2 is 1.90 bits per heavy atom. The van der Waals surface area contributed by atoms with Crippen molar-refractivity contribution in [1.29, 1.82) is 0 Å². The number of hydrogen-bond acceptors (Lipinski definition) is 7. The topological polar surface area (TPSA) is 129 Å². The van der Waals surface area contributed by atoms with Crippen molar-refractivity contribution in [2.45, 2.75) is 25.2 Å². The first kappa shape index (κ1) is 24.8. The van der Waals surface area contributed by atoms with E-state index in [0.29, 0.717) is 13.1 Å². The molecule has 11 heteroatoms. The summed E-state index contributed by atoms with van der Waals surface area (Å²) in [6.45, 7) is 3.54. The molecule has 170 valence electrons. The van der Waals surface area contributed by atoms with E-state index in [0.717, 1.165) is 36.5 Å². The van der Waals surface area contributed by atoms with Crippen molar-refractivity contribution in [3.05, 3.63) is 47.0 Å². The second-order valence-electron chi connectivity index (χ2n) is 7.10. The van der Waals surface area contributed by atoms with Crippen molar-refractivity contribution in [2.75, 3.05) is 37.8 Å². The molecule has 3 N–H and O–H groups in total. The van der Waals surface area contributed by atoms with Crippen LogP contribution >= 0.6 is 11.3 Å². The van der Waals surface area contributed by atoms with Crippen LogP contribution in [-0.4, -0.2) is 68.2 Å². The molecule has 9 nitrogen and oxygen atoms in total. The van der Waals surface area contributed by atoms with Crippen LogP contribution in [0.4, 0.5) is 5.13 Å². The molecule has 31 heavy (non-hydrogen) atoms. The average Bonchev–Trinajstić information content (AvgIpc) is 3.22. The highest BCUT2D eigenvalue weighted by atomic mass is 32.2. The molecule has 0 spiro atoms. The smallest absolute Gasteiger partial charge is 0.290 e. The molecule has 3 rings (SSSR count). The number of piperidine rings is 1. The van der Waals surface area contributed by atoms with Gasteiger partial charge in [-0.05, 0) is 25.3 Å². The summed E-state index contributed by atoms with van der Waals surface area (Å²) < 4.78 is 24.8. The monoisotopic (exact) mass is 468 g/mol. The third kappa shape index (κ3) is 6.74. The van der Waals surface area contributed by atoms with Crippen molar-refractivity contribution >= 4 is 38.9 Å². The first-order valence-electron chi connectivity index (χ1n) is 9.81. The molecule has 1 aliphatic rings. The molecule has 0 unspecified atom stereocenters. The molecular formula is C20H28N4O5S2. The van der Waals surface area contributed by atoms with Gasteiger partial charge in [0.05, 0.1) is 18.5 Å². The van der Waals surface area contributed by atoms with Crippen LogP contribution in [-0.2, 0) is 25.0 Å². The summed E-state index contributed by atoms with van der Waals surface area (Å²) in [5.74, 6) is -0.196. The van der Waals surface area contributed by atoms with Crippen LogP contribution in [0.15, 0.2) is 35.7 Å². The molecule has 1 aromatic carbocycles. The third-order valence-electron chi connectivity index (χ3n) is 5.10. The lowest BCUT2D eigenvalue weighted by Crippen LogP contribution is -2.48. The summed E-state index contributed by atoms with van der Waals surface area (Å²) in [6, 6.07) is 10.3. The van der Waals surface area contributed by atoms with E-state index in [1.165, 1.54) is 5.56 Å². The van der Waals surface area contributed by atoms with E-state index in [9.17, 15) is 13.2 Å². The third-order valence-corrected chi connectivity index (χ3v) is 6.57. The SMILES string of the molecule is CCNc1nc(C2(c3ccccc3)CCN(C(=O)CNS(C)(=O)=O)CC2)cs1.O=CO. The molecule has 1 aromatic heterocycles. The predicted octanol–water partition coefficient (Wildman–Crippen LogP) is 1.73. The van der Waals surface area contributed by atoms with Gasteiger partial charge in [0.25, 0.3) is 6.47 Å². The highest BCUT2D eigenvalue weighted by Crippen LogP contribution is 2.42. The van der Waals surface area contributed by atoms with Gasteiger partial charge in [-0.25, -0.2) is 18.1 Å². The number of nitrogens with one attached hydrogen (secondary N) is 2. The van der Waals surface area contributed by atoms with Crippen LogP contribution in [0.2, 0.25) is 0 Å². The Morgan fingerprint density at radius 1 is 1.29 bits per heavy atom. The fourth-order valence-electron chi connectivity index (χ4n) is 3.62. The molecule has 1 amide bonds. The van der Waals surface area contributed by atoms with E-state index in [4.69, 9.17) is 14.9 Å². The second-order valence-corrected chi connectivity index (χ2v) is 9.79. The number of benzene rings is 1. The van der Waals surface area contributed by atoms with E-state index in [1.54, 1.807) is 16.2 Å². The normalized spacial score (nSPS) is 15.5. The fourth-order valence-corrected chi connectivity index (χ4v) is 4.88. The molecule has 1 saturated heterocycles. The Bertz CT molecular complexity index is 955. The summed E-state index contributed by atoms with van der Waals surface area (Å²) >= 11 is 1.60. The van der Waals surface area contributed by atoms with Crippen LogP contribution < -0.4 is 10.0 Å². The number of carbonyl (C=O) groups is 2. The van der Waals surface area contributed by atoms with Crippen molar-refractivity contribution in [2.24, 2.45) is 0 Å². The van der Waals surface area contributed by atoms with Gasteiger partial charge in [0.2, 0.25) is 15.9 Å². The summed E-state index contributed by atoms with van der Waals surface area (Å²) in [4.78, 5) is 27.3.